The largest absolute Gasteiger partial charge is 0.480 e. The molecule has 1 aliphatic heterocycles. The van der Waals surface area contributed by atoms with Crippen LogP contribution in [0.3, 0.4) is 0 Å². The lowest BCUT2D eigenvalue weighted by atomic mass is 10.0. The molecule has 4 heteroatoms. The van der Waals surface area contributed by atoms with Gasteiger partial charge in [-0.1, -0.05) is 18.2 Å². The number of hydrogen-bond acceptors (Lipinski definition) is 3. The van der Waals surface area contributed by atoms with Gasteiger partial charge in [-0.25, -0.2) is 0 Å². The van der Waals surface area contributed by atoms with E-state index in [-0.39, 0.29) is 6.04 Å². The van der Waals surface area contributed by atoms with Gasteiger partial charge in [0.25, 0.3) is 0 Å². The van der Waals surface area contributed by atoms with Crippen LogP contribution in [0.1, 0.15) is 11.1 Å². The van der Waals surface area contributed by atoms with Gasteiger partial charge in [-0.2, -0.15) is 0 Å². The molecule has 2 rings (SSSR count). The molecule has 0 saturated heterocycles. The fraction of sp³-hybridized carbons (Fsp3) is 0.364. The van der Waals surface area contributed by atoms with Gasteiger partial charge in [0.1, 0.15) is 6.04 Å². The average molecular weight is 206 g/mol. The maximum atomic E-state index is 10.8. The predicted octanol–water partition coefficient (Wildman–Crippen LogP) is 0.744. The molecule has 0 aliphatic carbocycles. The van der Waals surface area contributed by atoms with Crippen LogP contribution in [0, 0.1) is 6.92 Å². The SMILES string of the molecule is Cc1cccc2c1NC(C(N)C(=O)O)C2. The molecule has 4 nitrogen and oxygen atoms in total. The lowest BCUT2D eigenvalue weighted by Gasteiger charge is -2.15. The van der Waals surface area contributed by atoms with E-state index in [1.165, 1.54) is 0 Å². The van der Waals surface area contributed by atoms with Gasteiger partial charge >= 0.3 is 5.97 Å². The van der Waals surface area contributed by atoms with Gasteiger partial charge in [-0.3, -0.25) is 4.79 Å². The topological polar surface area (TPSA) is 75.3 Å². The molecule has 1 aromatic carbocycles. The smallest absolute Gasteiger partial charge is 0.322 e. The zero-order valence-electron chi connectivity index (χ0n) is 8.53. The lowest BCUT2D eigenvalue weighted by Crippen LogP contribution is -2.45. The molecule has 0 amide bonds. The van der Waals surface area contributed by atoms with Gasteiger partial charge in [0.2, 0.25) is 0 Å². The molecule has 80 valence electrons. The number of aryl methyl sites for hydroxylation is 1. The Morgan fingerprint density at radius 1 is 1.67 bits per heavy atom. The Hall–Kier alpha value is -1.55. The third-order valence-corrected chi connectivity index (χ3v) is 2.85. The highest BCUT2D eigenvalue weighted by atomic mass is 16.4. The molecule has 2 unspecified atom stereocenters. The number of hydrogen-bond donors (Lipinski definition) is 3. The fourth-order valence-electron chi connectivity index (χ4n) is 1.97. The first-order valence-corrected chi connectivity index (χ1v) is 4.93. The van der Waals surface area contributed by atoms with Crippen molar-refractivity contribution in [3.05, 3.63) is 29.3 Å². The summed E-state index contributed by atoms with van der Waals surface area (Å²) in [5.74, 6) is -0.960. The van der Waals surface area contributed by atoms with Gasteiger partial charge in [0.05, 0.1) is 6.04 Å². The Labute approximate surface area is 88.1 Å². The quantitative estimate of drug-likeness (QED) is 0.667. The van der Waals surface area contributed by atoms with Crippen molar-refractivity contribution in [2.75, 3.05) is 5.32 Å². The first-order valence-electron chi connectivity index (χ1n) is 4.93. The van der Waals surface area contributed by atoms with E-state index in [2.05, 4.69) is 5.32 Å². The van der Waals surface area contributed by atoms with Crippen LogP contribution < -0.4 is 11.1 Å². The highest BCUT2D eigenvalue weighted by Gasteiger charge is 2.30. The molecule has 0 bridgehead atoms. The summed E-state index contributed by atoms with van der Waals surface area (Å²) in [7, 11) is 0. The number of fused-ring (bicyclic) bond motifs is 1. The average Bonchev–Trinajstić information content (AvgIpc) is 2.61. The van der Waals surface area contributed by atoms with Gasteiger partial charge < -0.3 is 16.2 Å². The maximum Gasteiger partial charge on any atom is 0.322 e. The van der Waals surface area contributed by atoms with Crippen LogP contribution in [-0.4, -0.2) is 23.2 Å². The number of rotatable bonds is 2. The van der Waals surface area contributed by atoms with Crippen LogP contribution in [0.2, 0.25) is 0 Å². The second-order valence-electron chi connectivity index (χ2n) is 3.93. The molecule has 15 heavy (non-hydrogen) atoms. The van der Waals surface area contributed by atoms with Crippen LogP contribution in [0.5, 0.6) is 0 Å². The Bertz CT molecular complexity index is 404. The molecule has 0 saturated carbocycles. The molecule has 1 aromatic rings. The van der Waals surface area contributed by atoms with Crippen molar-refractivity contribution >= 4 is 11.7 Å². The van der Waals surface area contributed by atoms with Crippen molar-refractivity contribution in [2.24, 2.45) is 5.73 Å². The highest BCUT2D eigenvalue weighted by molar-refractivity contribution is 5.76. The number of carbonyl (C=O) groups is 1. The highest BCUT2D eigenvalue weighted by Crippen LogP contribution is 2.29. The number of para-hydroxylation sites is 1. The Balaban J connectivity index is 2.23. The molecule has 0 fully saturated rings. The minimum atomic E-state index is -0.960. The Kier molecular flexibility index (Phi) is 2.36. The van der Waals surface area contributed by atoms with E-state index in [0.29, 0.717) is 6.42 Å². The Morgan fingerprint density at radius 2 is 2.40 bits per heavy atom. The van der Waals surface area contributed by atoms with Crippen molar-refractivity contribution in [1.82, 2.24) is 0 Å². The number of benzene rings is 1. The molecule has 0 radical (unpaired) electrons. The summed E-state index contributed by atoms with van der Waals surface area (Å²) >= 11 is 0. The van der Waals surface area contributed by atoms with E-state index in [1.807, 2.05) is 25.1 Å². The summed E-state index contributed by atoms with van der Waals surface area (Å²) in [5, 5.41) is 12.0. The molecule has 0 aromatic heterocycles. The van der Waals surface area contributed by atoms with Crippen LogP contribution in [0.25, 0.3) is 0 Å². The summed E-state index contributed by atoms with van der Waals surface area (Å²) in [4.78, 5) is 10.8. The van der Waals surface area contributed by atoms with Crippen LogP contribution >= 0.6 is 0 Å². The van der Waals surface area contributed by atoms with Crippen LogP contribution in [0.4, 0.5) is 5.69 Å². The van der Waals surface area contributed by atoms with Crippen molar-refractivity contribution in [3.8, 4) is 0 Å². The second kappa shape index (κ2) is 3.55. The molecule has 2 atom stereocenters. The number of anilines is 1. The van der Waals surface area contributed by atoms with Gasteiger partial charge in [0.15, 0.2) is 0 Å². The third kappa shape index (κ3) is 1.68. The van der Waals surface area contributed by atoms with E-state index in [4.69, 9.17) is 10.8 Å². The maximum absolute atomic E-state index is 10.8. The van der Waals surface area contributed by atoms with Crippen LogP contribution in [0.15, 0.2) is 18.2 Å². The van der Waals surface area contributed by atoms with E-state index in [9.17, 15) is 4.79 Å². The fourth-order valence-corrected chi connectivity index (χ4v) is 1.97. The summed E-state index contributed by atoms with van der Waals surface area (Å²) in [6.07, 6.45) is 0.685. The van der Waals surface area contributed by atoms with E-state index < -0.39 is 12.0 Å². The predicted molar refractivity (Wildman–Crippen MR) is 57.9 cm³/mol. The zero-order chi connectivity index (χ0) is 11.0. The number of aliphatic carboxylic acids is 1. The first-order chi connectivity index (χ1) is 7.09. The number of nitrogens with one attached hydrogen (secondary N) is 1. The lowest BCUT2D eigenvalue weighted by molar-refractivity contribution is -0.138. The van der Waals surface area contributed by atoms with E-state index in [0.717, 1.165) is 16.8 Å². The van der Waals surface area contributed by atoms with Crippen molar-refractivity contribution in [1.29, 1.82) is 0 Å². The van der Waals surface area contributed by atoms with E-state index in [1.54, 1.807) is 0 Å². The summed E-state index contributed by atoms with van der Waals surface area (Å²) < 4.78 is 0. The molecule has 1 aliphatic rings. The second-order valence-corrected chi connectivity index (χ2v) is 3.93. The number of nitrogens with two attached hydrogens (primary N) is 1. The summed E-state index contributed by atoms with van der Waals surface area (Å²) in [6.45, 7) is 2.00. The normalized spacial score (nSPS) is 20.5. The Morgan fingerprint density at radius 3 is 3.00 bits per heavy atom. The summed E-state index contributed by atoms with van der Waals surface area (Å²) in [6, 6.07) is 4.94. The minimum absolute atomic E-state index is 0.196. The van der Waals surface area contributed by atoms with Crippen molar-refractivity contribution in [3.63, 3.8) is 0 Å². The van der Waals surface area contributed by atoms with E-state index >= 15 is 0 Å². The molecule has 0 spiro atoms. The van der Waals surface area contributed by atoms with Crippen molar-refractivity contribution in [2.45, 2.75) is 25.4 Å². The molecule has 4 N–H and O–H groups in total. The first kappa shape index (κ1) is 9.98. The van der Waals surface area contributed by atoms with Crippen LogP contribution in [-0.2, 0) is 11.2 Å². The number of carboxylic acid groups (broad SMARTS) is 1. The van der Waals surface area contributed by atoms with Crippen molar-refractivity contribution < 1.29 is 9.90 Å². The molecular weight excluding hydrogens is 192 g/mol. The molecular formula is C11H14N2O2. The summed E-state index contributed by atoms with van der Waals surface area (Å²) in [5.41, 5.74) is 8.91. The molecule has 1 heterocycles. The minimum Gasteiger partial charge on any atom is -0.480 e. The van der Waals surface area contributed by atoms with Gasteiger partial charge in [-0.05, 0) is 24.5 Å². The standard InChI is InChI=1S/C11H14N2O2/c1-6-3-2-4-7-5-8(13-10(6)7)9(12)11(14)15/h2-4,8-9,13H,5,12H2,1H3,(H,14,15). The monoisotopic (exact) mass is 206 g/mol. The number of carboxylic acids is 1. The van der Waals surface area contributed by atoms with Gasteiger partial charge in [-0.15, -0.1) is 0 Å². The third-order valence-electron chi connectivity index (χ3n) is 2.85. The van der Waals surface area contributed by atoms with Gasteiger partial charge in [0, 0.05) is 5.69 Å². The zero-order valence-corrected chi connectivity index (χ0v) is 8.53.